The van der Waals surface area contributed by atoms with Gasteiger partial charge in [0.25, 0.3) is 0 Å². The molecule has 1 aromatic heterocycles. The Morgan fingerprint density at radius 2 is 1.92 bits per heavy atom. The van der Waals surface area contributed by atoms with E-state index in [4.69, 9.17) is 9.15 Å². The molecule has 0 spiro atoms. The Labute approximate surface area is 144 Å². The van der Waals surface area contributed by atoms with E-state index in [1.165, 1.54) is 5.56 Å². The number of ether oxygens (including phenoxy) is 1. The van der Waals surface area contributed by atoms with Gasteiger partial charge in [0.1, 0.15) is 17.3 Å². The molecule has 0 atom stereocenters. The van der Waals surface area contributed by atoms with Gasteiger partial charge in [-0.3, -0.25) is 4.79 Å². The largest absolute Gasteiger partial charge is 0.493 e. The SMILES string of the molecule is Cc1ccc(C)c(OCCCCC(=O)NCc2cc(C)oc2C)c1. The smallest absolute Gasteiger partial charge is 0.220 e. The normalized spacial score (nSPS) is 10.7. The van der Waals surface area contributed by atoms with E-state index in [2.05, 4.69) is 30.4 Å². The third-order valence-corrected chi connectivity index (χ3v) is 4.02. The summed E-state index contributed by atoms with van der Waals surface area (Å²) in [6.45, 7) is 9.09. The van der Waals surface area contributed by atoms with Crippen molar-refractivity contribution in [3.05, 3.63) is 52.5 Å². The predicted molar refractivity (Wildman–Crippen MR) is 95.3 cm³/mol. The summed E-state index contributed by atoms with van der Waals surface area (Å²) in [5.41, 5.74) is 3.38. The number of furan rings is 1. The molecule has 4 nitrogen and oxygen atoms in total. The molecule has 0 aliphatic rings. The molecule has 0 fully saturated rings. The second-order valence-corrected chi connectivity index (χ2v) is 6.29. The molecule has 24 heavy (non-hydrogen) atoms. The number of carbonyl (C=O) groups excluding carboxylic acids is 1. The van der Waals surface area contributed by atoms with Crippen LogP contribution in [0, 0.1) is 27.7 Å². The van der Waals surface area contributed by atoms with Gasteiger partial charge in [-0.05, 0) is 63.8 Å². The van der Waals surface area contributed by atoms with Crippen LogP contribution in [-0.4, -0.2) is 12.5 Å². The third-order valence-electron chi connectivity index (χ3n) is 4.02. The molecule has 1 heterocycles. The summed E-state index contributed by atoms with van der Waals surface area (Å²) in [5, 5.41) is 2.94. The fourth-order valence-corrected chi connectivity index (χ4v) is 2.57. The lowest BCUT2D eigenvalue weighted by molar-refractivity contribution is -0.121. The topological polar surface area (TPSA) is 51.5 Å². The Morgan fingerprint density at radius 1 is 1.12 bits per heavy atom. The highest BCUT2D eigenvalue weighted by molar-refractivity contribution is 5.75. The second kappa shape index (κ2) is 8.57. The summed E-state index contributed by atoms with van der Waals surface area (Å²) in [6, 6.07) is 8.17. The van der Waals surface area contributed by atoms with Gasteiger partial charge in [-0.1, -0.05) is 12.1 Å². The molecule has 2 rings (SSSR count). The van der Waals surface area contributed by atoms with Gasteiger partial charge in [0.15, 0.2) is 0 Å². The molecule has 0 aliphatic carbocycles. The van der Waals surface area contributed by atoms with E-state index in [1.807, 2.05) is 26.8 Å². The lowest BCUT2D eigenvalue weighted by atomic mass is 10.1. The number of hydrogen-bond acceptors (Lipinski definition) is 3. The molecule has 130 valence electrons. The number of rotatable bonds is 8. The van der Waals surface area contributed by atoms with E-state index in [0.717, 1.165) is 41.2 Å². The van der Waals surface area contributed by atoms with Crippen LogP contribution < -0.4 is 10.1 Å². The fourth-order valence-electron chi connectivity index (χ4n) is 2.57. The van der Waals surface area contributed by atoms with E-state index in [1.54, 1.807) is 0 Å². The van der Waals surface area contributed by atoms with Crippen LogP contribution in [0.25, 0.3) is 0 Å². The van der Waals surface area contributed by atoms with E-state index in [0.29, 0.717) is 19.6 Å². The number of aryl methyl sites for hydroxylation is 4. The van der Waals surface area contributed by atoms with Crippen molar-refractivity contribution in [3.63, 3.8) is 0 Å². The van der Waals surface area contributed by atoms with E-state index in [9.17, 15) is 4.79 Å². The molecule has 4 heteroatoms. The highest BCUT2D eigenvalue weighted by atomic mass is 16.5. The Morgan fingerprint density at radius 3 is 2.62 bits per heavy atom. The zero-order valence-corrected chi connectivity index (χ0v) is 15.1. The van der Waals surface area contributed by atoms with Crippen LogP contribution in [0.15, 0.2) is 28.7 Å². The van der Waals surface area contributed by atoms with Crippen molar-refractivity contribution in [2.24, 2.45) is 0 Å². The van der Waals surface area contributed by atoms with E-state index >= 15 is 0 Å². The summed E-state index contributed by atoms with van der Waals surface area (Å²) in [5.74, 6) is 2.75. The summed E-state index contributed by atoms with van der Waals surface area (Å²) < 4.78 is 11.3. The lowest BCUT2D eigenvalue weighted by Crippen LogP contribution is -2.22. The van der Waals surface area contributed by atoms with Crippen molar-refractivity contribution in [3.8, 4) is 5.75 Å². The van der Waals surface area contributed by atoms with Crippen molar-refractivity contribution >= 4 is 5.91 Å². The molecule has 0 unspecified atom stereocenters. The van der Waals surface area contributed by atoms with Crippen molar-refractivity contribution in [2.45, 2.75) is 53.5 Å². The highest BCUT2D eigenvalue weighted by Crippen LogP contribution is 2.19. The molecule has 0 bridgehead atoms. The lowest BCUT2D eigenvalue weighted by Gasteiger charge is -2.10. The average molecular weight is 329 g/mol. The Balaban J connectivity index is 1.62. The fraction of sp³-hybridized carbons (Fsp3) is 0.450. The van der Waals surface area contributed by atoms with Crippen molar-refractivity contribution < 1.29 is 13.9 Å². The van der Waals surface area contributed by atoms with Gasteiger partial charge in [0, 0.05) is 18.5 Å². The van der Waals surface area contributed by atoms with Crippen LogP contribution in [0.1, 0.15) is 47.5 Å². The van der Waals surface area contributed by atoms with Gasteiger partial charge >= 0.3 is 0 Å². The summed E-state index contributed by atoms with van der Waals surface area (Å²) in [6.07, 6.45) is 2.21. The molecule has 2 aromatic rings. The van der Waals surface area contributed by atoms with E-state index in [-0.39, 0.29) is 5.91 Å². The standard InChI is InChI=1S/C20H27NO3/c1-14-8-9-15(2)19(11-14)23-10-6-5-7-20(22)21-13-18-12-16(3)24-17(18)4/h8-9,11-12H,5-7,10,13H2,1-4H3,(H,21,22). The Bertz CT molecular complexity index is 688. The number of nitrogens with one attached hydrogen (secondary N) is 1. The maximum atomic E-state index is 11.9. The Hall–Kier alpha value is -2.23. The molecule has 1 amide bonds. The van der Waals surface area contributed by atoms with Crippen molar-refractivity contribution in [2.75, 3.05) is 6.61 Å². The van der Waals surface area contributed by atoms with Gasteiger partial charge in [0.2, 0.25) is 5.91 Å². The van der Waals surface area contributed by atoms with Crippen LogP contribution in [0.2, 0.25) is 0 Å². The average Bonchev–Trinajstić information content (AvgIpc) is 2.86. The minimum atomic E-state index is 0.0694. The number of unbranched alkanes of at least 4 members (excludes halogenated alkanes) is 1. The van der Waals surface area contributed by atoms with Crippen LogP contribution in [0.5, 0.6) is 5.75 Å². The highest BCUT2D eigenvalue weighted by Gasteiger charge is 2.07. The maximum Gasteiger partial charge on any atom is 0.220 e. The minimum Gasteiger partial charge on any atom is -0.493 e. The number of carbonyl (C=O) groups is 1. The molecule has 0 radical (unpaired) electrons. The van der Waals surface area contributed by atoms with Gasteiger partial charge in [-0.25, -0.2) is 0 Å². The van der Waals surface area contributed by atoms with Crippen LogP contribution in [-0.2, 0) is 11.3 Å². The van der Waals surface area contributed by atoms with Gasteiger partial charge in [0.05, 0.1) is 6.61 Å². The Kier molecular flexibility index (Phi) is 6.47. The molecule has 1 N–H and O–H groups in total. The van der Waals surface area contributed by atoms with Crippen LogP contribution >= 0.6 is 0 Å². The summed E-state index contributed by atoms with van der Waals surface area (Å²) >= 11 is 0. The van der Waals surface area contributed by atoms with E-state index < -0.39 is 0 Å². The quantitative estimate of drug-likeness (QED) is 0.731. The first kappa shape index (κ1) is 18.1. The minimum absolute atomic E-state index is 0.0694. The zero-order valence-electron chi connectivity index (χ0n) is 15.1. The molecule has 0 saturated heterocycles. The van der Waals surface area contributed by atoms with Crippen molar-refractivity contribution in [1.82, 2.24) is 5.32 Å². The monoisotopic (exact) mass is 329 g/mol. The molecule has 0 saturated carbocycles. The van der Waals surface area contributed by atoms with Gasteiger partial charge < -0.3 is 14.5 Å². The second-order valence-electron chi connectivity index (χ2n) is 6.29. The van der Waals surface area contributed by atoms with Crippen LogP contribution in [0.3, 0.4) is 0 Å². The molecule has 1 aromatic carbocycles. The van der Waals surface area contributed by atoms with Crippen molar-refractivity contribution in [1.29, 1.82) is 0 Å². The summed E-state index contributed by atoms with van der Waals surface area (Å²) in [7, 11) is 0. The van der Waals surface area contributed by atoms with Gasteiger partial charge in [-0.2, -0.15) is 0 Å². The molecular weight excluding hydrogens is 302 g/mol. The number of hydrogen-bond donors (Lipinski definition) is 1. The van der Waals surface area contributed by atoms with Crippen LogP contribution in [0.4, 0.5) is 0 Å². The maximum absolute atomic E-state index is 11.9. The first-order valence-corrected chi connectivity index (χ1v) is 8.48. The summed E-state index contributed by atoms with van der Waals surface area (Å²) in [4.78, 5) is 11.9. The van der Waals surface area contributed by atoms with Gasteiger partial charge in [-0.15, -0.1) is 0 Å². The predicted octanol–water partition coefficient (Wildman–Crippen LogP) is 4.38. The first-order chi connectivity index (χ1) is 11.5. The third kappa shape index (κ3) is 5.44. The first-order valence-electron chi connectivity index (χ1n) is 8.48. The zero-order chi connectivity index (χ0) is 17.5. The molecular formula is C20H27NO3. The number of benzene rings is 1. The molecule has 0 aliphatic heterocycles. The number of amides is 1.